The van der Waals surface area contributed by atoms with Gasteiger partial charge in [-0.3, -0.25) is 14.5 Å². The molecule has 0 spiro atoms. The van der Waals surface area contributed by atoms with Gasteiger partial charge in [0.1, 0.15) is 17.9 Å². The van der Waals surface area contributed by atoms with E-state index in [1.165, 1.54) is 26.2 Å². The zero-order chi connectivity index (χ0) is 22.2. The van der Waals surface area contributed by atoms with Gasteiger partial charge in [-0.15, -0.1) is 0 Å². The molecule has 2 N–H and O–H groups in total. The molecule has 2 fully saturated rings. The lowest BCUT2D eigenvalue weighted by Gasteiger charge is -2.26. The molecule has 0 bridgehead atoms. The van der Waals surface area contributed by atoms with Gasteiger partial charge < -0.3 is 24.3 Å². The van der Waals surface area contributed by atoms with Gasteiger partial charge >= 0.3 is 5.97 Å². The van der Waals surface area contributed by atoms with Crippen LogP contribution in [0.3, 0.4) is 0 Å². The minimum Gasteiger partial charge on any atom is -0.493 e. The van der Waals surface area contributed by atoms with Crippen LogP contribution in [-0.2, 0) is 19.1 Å². The summed E-state index contributed by atoms with van der Waals surface area (Å²) in [4.78, 5) is 40.3. The predicted molar refractivity (Wildman–Crippen MR) is 105 cm³/mol. The molecule has 3 rings (SSSR count). The first-order valence-corrected chi connectivity index (χ1v) is 9.97. The summed E-state index contributed by atoms with van der Waals surface area (Å²) in [5.41, 5.74) is -0.519. The number of hydrogen-bond donors (Lipinski definition) is 1. The summed E-state index contributed by atoms with van der Waals surface area (Å²) in [5, 5.41) is 1.77. The third-order valence-corrected chi connectivity index (χ3v) is 6.10. The number of imide groups is 1. The fourth-order valence-electron chi connectivity index (χ4n) is 4.71. The molecule has 164 valence electrons. The van der Waals surface area contributed by atoms with Crippen molar-refractivity contribution < 1.29 is 38.6 Å². The van der Waals surface area contributed by atoms with Crippen LogP contribution in [0.5, 0.6) is 17.2 Å². The molecule has 2 saturated heterocycles. The molecule has 30 heavy (non-hydrogen) atoms. The average Bonchev–Trinajstić information content (AvgIpc) is 3.20. The summed E-state index contributed by atoms with van der Waals surface area (Å²) in [6, 6.07) is 3.01. The number of nitrogens with two attached hydrogens (primary N) is 1. The SMILES string of the molecule is CCOC(=O)[C@]1(C)[NH2+][C@@H](c2cc(OC)c(OC)c(OC)c2)[C@H]2C(=O)N(CC)C(=O)[C@H]21. The molecule has 2 heterocycles. The monoisotopic (exact) mass is 421 g/mol. The first kappa shape index (κ1) is 21.9. The zero-order valence-corrected chi connectivity index (χ0v) is 18.2. The number of carbonyl (C=O) groups is 3. The number of methoxy groups -OCH3 is 3. The van der Waals surface area contributed by atoms with Gasteiger partial charge in [-0.25, -0.2) is 4.79 Å². The van der Waals surface area contributed by atoms with E-state index in [2.05, 4.69) is 0 Å². The van der Waals surface area contributed by atoms with Gasteiger partial charge in [0.25, 0.3) is 0 Å². The first-order chi connectivity index (χ1) is 14.3. The number of esters is 1. The van der Waals surface area contributed by atoms with Crippen molar-refractivity contribution >= 4 is 17.8 Å². The highest BCUT2D eigenvalue weighted by Gasteiger charge is 2.70. The first-order valence-electron chi connectivity index (χ1n) is 9.97. The van der Waals surface area contributed by atoms with Crippen molar-refractivity contribution in [3.05, 3.63) is 17.7 Å². The summed E-state index contributed by atoms with van der Waals surface area (Å²) < 4.78 is 21.6. The molecular formula is C21H29N2O7+. The van der Waals surface area contributed by atoms with Crippen molar-refractivity contribution in [2.24, 2.45) is 11.8 Å². The Morgan fingerprint density at radius 3 is 2.13 bits per heavy atom. The van der Waals surface area contributed by atoms with Gasteiger partial charge in [-0.05, 0) is 26.0 Å². The van der Waals surface area contributed by atoms with Crippen molar-refractivity contribution in [1.82, 2.24) is 4.90 Å². The minimum absolute atomic E-state index is 0.189. The third kappa shape index (κ3) is 3.08. The number of carbonyl (C=O) groups excluding carboxylic acids is 3. The van der Waals surface area contributed by atoms with Crippen LogP contribution in [0.4, 0.5) is 0 Å². The van der Waals surface area contributed by atoms with Crippen LogP contribution in [0.15, 0.2) is 12.1 Å². The Morgan fingerprint density at radius 2 is 1.67 bits per heavy atom. The summed E-state index contributed by atoms with van der Waals surface area (Å²) in [6.07, 6.45) is 0. The number of hydrogen-bond acceptors (Lipinski definition) is 7. The van der Waals surface area contributed by atoms with E-state index in [0.29, 0.717) is 22.8 Å². The maximum Gasteiger partial charge on any atom is 0.368 e. The number of rotatable bonds is 7. The predicted octanol–water partition coefficient (Wildman–Crippen LogP) is 0.273. The second-order valence-corrected chi connectivity index (χ2v) is 7.58. The number of likely N-dealkylation sites (tertiary alicyclic amines) is 1. The highest BCUT2D eigenvalue weighted by Crippen LogP contribution is 2.47. The molecule has 2 aliphatic rings. The van der Waals surface area contributed by atoms with E-state index in [-0.39, 0.29) is 25.0 Å². The van der Waals surface area contributed by atoms with Gasteiger partial charge in [0, 0.05) is 19.0 Å². The quantitative estimate of drug-likeness (QED) is 0.497. The van der Waals surface area contributed by atoms with E-state index in [0.717, 1.165) is 0 Å². The Balaban J connectivity index is 2.15. The van der Waals surface area contributed by atoms with Crippen LogP contribution >= 0.6 is 0 Å². The molecule has 0 aliphatic carbocycles. The number of quaternary nitrogens is 1. The molecular weight excluding hydrogens is 392 g/mol. The highest BCUT2D eigenvalue weighted by atomic mass is 16.5. The van der Waals surface area contributed by atoms with Gasteiger partial charge in [0.15, 0.2) is 11.5 Å². The average molecular weight is 421 g/mol. The highest BCUT2D eigenvalue weighted by molar-refractivity contribution is 6.08. The Labute approximate surface area is 175 Å². The van der Waals surface area contributed by atoms with Crippen LogP contribution in [0.25, 0.3) is 0 Å². The summed E-state index contributed by atoms with van der Waals surface area (Å²) in [5.74, 6) is -1.34. The Bertz CT molecular complexity index is 846. The molecule has 1 aromatic carbocycles. The zero-order valence-electron chi connectivity index (χ0n) is 18.2. The van der Waals surface area contributed by atoms with E-state index < -0.39 is 29.4 Å². The van der Waals surface area contributed by atoms with E-state index in [1.807, 2.05) is 0 Å². The number of ether oxygens (including phenoxy) is 4. The molecule has 2 aliphatic heterocycles. The second-order valence-electron chi connectivity index (χ2n) is 7.58. The Morgan fingerprint density at radius 1 is 1.07 bits per heavy atom. The largest absolute Gasteiger partial charge is 0.493 e. The number of amides is 2. The Hall–Kier alpha value is -2.81. The van der Waals surface area contributed by atoms with E-state index in [1.54, 1.807) is 38.2 Å². The molecule has 4 atom stereocenters. The standard InChI is InChI=1S/C21H28N2O7/c1-7-23-18(24)14-15(19(23)25)21(3,20(26)30-8-2)22-16(14)11-9-12(27-4)17(29-6)13(10-11)28-5/h9-10,14-16,22H,7-8H2,1-6H3/p+1/t14-,15-,16-,21+/m0/s1. The van der Waals surface area contributed by atoms with Crippen molar-refractivity contribution in [3.8, 4) is 17.2 Å². The maximum atomic E-state index is 13.2. The summed E-state index contributed by atoms with van der Waals surface area (Å²) in [7, 11) is 4.52. The van der Waals surface area contributed by atoms with Gasteiger partial charge in [0.05, 0.1) is 27.9 Å². The molecule has 1 aromatic rings. The van der Waals surface area contributed by atoms with Crippen molar-refractivity contribution in [3.63, 3.8) is 0 Å². The van der Waals surface area contributed by atoms with Gasteiger partial charge in [0.2, 0.25) is 23.1 Å². The van der Waals surface area contributed by atoms with Crippen LogP contribution in [-0.4, -0.2) is 62.7 Å². The van der Waals surface area contributed by atoms with Gasteiger partial charge in [-0.1, -0.05) is 0 Å². The van der Waals surface area contributed by atoms with Crippen molar-refractivity contribution in [2.45, 2.75) is 32.4 Å². The van der Waals surface area contributed by atoms with E-state index in [4.69, 9.17) is 18.9 Å². The van der Waals surface area contributed by atoms with Crippen LogP contribution < -0.4 is 19.5 Å². The second kappa shape index (κ2) is 8.14. The summed E-state index contributed by atoms with van der Waals surface area (Å²) >= 11 is 0. The molecule has 9 heteroatoms. The normalized spacial score (nSPS) is 27.8. The fourth-order valence-corrected chi connectivity index (χ4v) is 4.71. The number of benzene rings is 1. The maximum absolute atomic E-state index is 13.2. The number of fused-ring (bicyclic) bond motifs is 1. The number of nitrogens with zero attached hydrogens (tertiary/aromatic N) is 1. The van der Waals surface area contributed by atoms with E-state index >= 15 is 0 Å². The van der Waals surface area contributed by atoms with Gasteiger partial charge in [-0.2, -0.15) is 0 Å². The Kier molecular flexibility index (Phi) is 5.94. The lowest BCUT2D eigenvalue weighted by Crippen LogP contribution is -2.97. The molecule has 0 saturated carbocycles. The van der Waals surface area contributed by atoms with Crippen molar-refractivity contribution in [2.75, 3.05) is 34.5 Å². The molecule has 9 nitrogen and oxygen atoms in total. The molecule has 0 radical (unpaired) electrons. The lowest BCUT2D eigenvalue weighted by atomic mass is 9.80. The van der Waals surface area contributed by atoms with Crippen LogP contribution in [0, 0.1) is 11.8 Å². The van der Waals surface area contributed by atoms with E-state index in [9.17, 15) is 14.4 Å². The summed E-state index contributed by atoms with van der Waals surface area (Å²) in [6.45, 7) is 5.58. The molecule has 0 unspecified atom stereocenters. The minimum atomic E-state index is -1.22. The van der Waals surface area contributed by atoms with Crippen molar-refractivity contribution in [1.29, 1.82) is 0 Å². The van der Waals surface area contributed by atoms with Crippen LogP contribution in [0.2, 0.25) is 0 Å². The topological polar surface area (TPSA) is 108 Å². The lowest BCUT2D eigenvalue weighted by molar-refractivity contribution is -0.731. The molecule has 2 amide bonds. The molecule has 0 aromatic heterocycles. The third-order valence-electron chi connectivity index (χ3n) is 6.10. The smallest absolute Gasteiger partial charge is 0.368 e. The van der Waals surface area contributed by atoms with Crippen LogP contribution in [0.1, 0.15) is 32.4 Å². The fraction of sp³-hybridized carbons (Fsp3) is 0.571.